The number of benzene rings is 1. The molecule has 2 aliphatic rings. The third-order valence-electron chi connectivity index (χ3n) is 6.42. The van der Waals surface area contributed by atoms with Crippen molar-refractivity contribution < 1.29 is 9.18 Å². The Labute approximate surface area is 207 Å². The van der Waals surface area contributed by atoms with Crippen molar-refractivity contribution in [1.29, 1.82) is 0 Å². The molecule has 184 valence electrons. The molecule has 2 aliphatic carbocycles. The zero-order valence-corrected chi connectivity index (χ0v) is 23.6. The molecule has 0 bridgehead atoms. The summed E-state index contributed by atoms with van der Waals surface area (Å²) in [5, 5.41) is -1.36. The molecule has 0 amide bonds. The van der Waals surface area contributed by atoms with Crippen molar-refractivity contribution in [2.24, 2.45) is 17.8 Å². The second-order valence-electron chi connectivity index (χ2n) is 9.98. The van der Waals surface area contributed by atoms with Crippen LogP contribution in [-0.2, 0) is 0 Å². The first-order chi connectivity index (χ1) is 15.5. The Morgan fingerprint density at radius 1 is 1.03 bits per heavy atom. The Hall–Kier alpha value is -1.10. The van der Waals surface area contributed by atoms with Crippen molar-refractivity contribution in [1.82, 2.24) is 0 Å². The van der Waals surface area contributed by atoms with Gasteiger partial charge in [-0.2, -0.15) is 0 Å². The Balaban J connectivity index is 0.000000282. The van der Waals surface area contributed by atoms with Crippen LogP contribution in [-0.4, -0.2) is 11.2 Å². The predicted molar refractivity (Wildman–Crippen MR) is 151 cm³/mol. The summed E-state index contributed by atoms with van der Waals surface area (Å²) >= 11 is 0. The van der Waals surface area contributed by atoms with Gasteiger partial charge >= 0.3 is 0 Å². The molecular weight excluding hydrogens is 445 g/mol. The van der Waals surface area contributed by atoms with Crippen LogP contribution in [0.4, 0.5) is 4.39 Å². The van der Waals surface area contributed by atoms with Gasteiger partial charge in [-0.25, -0.2) is 4.39 Å². The van der Waals surface area contributed by atoms with Crippen molar-refractivity contribution in [3.8, 4) is 0 Å². The highest BCUT2D eigenvalue weighted by Gasteiger charge is 2.26. The number of hydrogen-bond donors (Lipinski definition) is 0. The number of allylic oxidation sites excluding steroid dienone is 5. The number of rotatable bonds is 6. The molecule has 0 aliphatic heterocycles. The summed E-state index contributed by atoms with van der Waals surface area (Å²) in [6, 6.07) is 7.03. The quantitative estimate of drug-likeness (QED) is 0.221. The van der Waals surface area contributed by atoms with Crippen LogP contribution in [0.5, 0.6) is 0 Å². The molecular formula is C29H45FOP2. The maximum Gasteiger partial charge on any atom is 0.159 e. The Kier molecular flexibility index (Phi) is 13.6. The summed E-state index contributed by atoms with van der Waals surface area (Å²) < 4.78 is 13.6. The number of alkyl halides is 1. The van der Waals surface area contributed by atoms with E-state index in [-0.39, 0.29) is 11.4 Å². The minimum atomic E-state index is -1.36. The minimum Gasteiger partial charge on any atom is -0.295 e. The van der Waals surface area contributed by atoms with E-state index in [1.165, 1.54) is 57.9 Å². The van der Waals surface area contributed by atoms with E-state index in [1.54, 1.807) is 24.3 Å². The topological polar surface area (TPSA) is 17.1 Å². The molecule has 0 aromatic heterocycles. The van der Waals surface area contributed by atoms with Crippen molar-refractivity contribution in [3.63, 3.8) is 0 Å². The largest absolute Gasteiger partial charge is 0.295 e. The molecule has 33 heavy (non-hydrogen) atoms. The van der Waals surface area contributed by atoms with E-state index in [2.05, 4.69) is 58.0 Å². The monoisotopic (exact) mass is 490 g/mol. The first kappa shape index (κ1) is 29.9. The van der Waals surface area contributed by atoms with Gasteiger partial charge in [-0.05, 0) is 56.9 Å². The fourth-order valence-corrected chi connectivity index (χ4v) is 3.97. The van der Waals surface area contributed by atoms with Gasteiger partial charge in [0.25, 0.3) is 0 Å². The number of ketones is 1. The lowest BCUT2D eigenvalue weighted by atomic mass is 9.79. The van der Waals surface area contributed by atoms with Gasteiger partial charge in [-0.3, -0.25) is 4.79 Å². The van der Waals surface area contributed by atoms with E-state index in [1.807, 2.05) is 12.2 Å². The Morgan fingerprint density at radius 2 is 1.52 bits per heavy atom. The van der Waals surface area contributed by atoms with Crippen LogP contribution in [0, 0.1) is 17.8 Å². The van der Waals surface area contributed by atoms with E-state index in [0.717, 1.165) is 23.3 Å². The molecule has 0 heterocycles. The number of hydrogen-bond acceptors (Lipinski definition) is 1. The molecule has 1 aromatic carbocycles. The van der Waals surface area contributed by atoms with E-state index >= 15 is 0 Å². The van der Waals surface area contributed by atoms with Crippen LogP contribution in [0.2, 0.25) is 0 Å². The van der Waals surface area contributed by atoms with Gasteiger partial charge < -0.3 is 0 Å². The highest BCUT2D eigenvalue weighted by Crippen LogP contribution is 2.41. The lowest BCUT2D eigenvalue weighted by molar-refractivity contribution is 0.101. The van der Waals surface area contributed by atoms with E-state index in [4.69, 9.17) is 0 Å². The van der Waals surface area contributed by atoms with E-state index in [0.29, 0.717) is 5.56 Å². The van der Waals surface area contributed by atoms with Gasteiger partial charge in [0.1, 0.15) is 5.41 Å². The van der Waals surface area contributed by atoms with Crippen molar-refractivity contribution in [3.05, 3.63) is 71.8 Å². The van der Waals surface area contributed by atoms with Crippen LogP contribution >= 0.6 is 18.5 Å². The van der Waals surface area contributed by atoms with Crippen LogP contribution in [0.3, 0.4) is 0 Å². The zero-order valence-electron chi connectivity index (χ0n) is 21.3. The normalized spacial score (nSPS) is 23.3. The van der Waals surface area contributed by atoms with E-state index in [9.17, 15) is 9.18 Å². The van der Waals surface area contributed by atoms with Gasteiger partial charge in [0.15, 0.2) is 5.78 Å². The van der Waals surface area contributed by atoms with Crippen LogP contribution in [0.15, 0.2) is 60.7 Å². The summed E-state index contributed by atoms with van der Waals surface area (Å²) in [7, 11) is 4.66. The smallest absolute Gasteiger partial charge is 0.159 e. The van der Waals surface area contributed by atoms with Gasteiger partial charge in [0.05, 0.1) is 0 Å². The molecule has 2 saturated carbocycles. The molecule has 4 unspecified atom stereocenters. The second-order valence-corrected chi connectivity index (χ2v) is 11.8. The number of Topliss-reactive ketones (excluding diaryl/α,β-unsaturated/α-hetero) is 1. The summed E-state index contributed by atoms with van der Waals surface area (Å²) in [6.07, 6.45) is 16.7. The molecule has 3 rings (SSSR count). The molecule has 1 aromatic rings. The van der Waals surface area contributed by atoms with Crippen molar-refractivity contribution in [2.45, 2.75) is 84.2 Å². The van der Waals surface area contributed by atoms with Crippen LogP contribution < -0.4 is 0 Å². The lowest BCUT2D eigenvalue weighted by Gasteiger charge is -2.26. The average molecular weight is 491 g/mol. The van der Waals surface area contributed by atoms with Gasteiger partial charge in [0.2, 0.25) is 0 Å². The number of carbonyl (C=O) groups excluding carboxylic acids is 1. The zero-order chi connectivity index (χ0) is 25.0. The fourth-order valence-electron chi connectivity index (χ4n) is 3.56. The van der Waals surface area contributed by atoms with E-state index < -0.39 is 5.41 Å². The number of halogens is 1. The predicted octanol–water partition coefficient (Wildman–Crippen LogP) is 9.28. The molecule has 1 nitrogen and oxygen atoms in total. The highest BCUT2D eigenvalue weighted by atomic mass is 31.0. The molecule has 4 heteroatoms. The molecule has 0 spiro atoms. The third kappa shape index (κ3) is 12.8. The second kappa shape index (κ2) is 15.0. The average Bonchev–Trinajstić information content (AvgIpc) is 3.56. The maximum absolute atomic E-state index is 13.6. The standard InChI is InChI=1S/C14H22.C11H15FOP2.C4H8/c1-4-5-6-7-13(3)14-10-8-12(2)9-11-14;1-7(13)8-3-5-9(6-4-8)10(14)11(2,12)15;1-4-2-3-4/h4-7,12,14H,1,8-11H2,2-3H3;3-6,10H,14-15H2,1-2H3;4H,2-3H2,1H3/b6-5-,13-7+;;. The minimum absolute atomic E-state index is 0.0238. The van der Waals surface area contributed by atoms with Crippen molar-refractivity contribution in [2.75, 3.05) is 0 Å². The molecule has 0 saturated heterocycles. The molecule has 2 fully saturated rings. The lowest BCUT2D eigenvalue weighted by Crippen LogP contribution is -2.14. The first-order valence-corrected chi connectivity index (χ1v) is 13.5. The first-order valence-electron chi connectivity index (χ1n) is 12.3. The van der Waals surface area contributed by atoms with Gasteiger partial charge in [-0.1, -0.05) is 109 Å². The molecule has 0 radical (unpaired) electrons. The number of carbonyl (C=O) groups is 1. The summed E-state index contributed by atoms with van der Waals surface area (Å²) in [5.41, 5.74) is 2.77. The molecule has 4 atom stereocenters. The SMILES string of the molecule is C=C/C=C\C=C(/C)C1CCC(C)CC1.CC(=O)c1ccc(C(P)C(C)(F)P)cc1.CC1CC1. The Morgan fingerprint density at radius 3 is 1.91 bits per heavy atom. The van der Waals surface area contributed by atoms with Crippen LogP contribution in [0.25, 0.3) is 0 Å². The molecule has 0 N–H and O–H groups in total. The highest BCUT2D eigenvalue weighted by molar-refractivity contribution is 7.23. The third-order valence-corrected chi connectivity index (χ3v) is 8.20. The van der Waals surface area contributed by atoms with Crippen molar-refractivity contribution >= 4 is 24.3 Å². The fraction of sp³-hybridized carbons (Fsp3) is 0.552. The summed E-state index contributed by atoms with van der Waals surface area (Å²) in [5.74, 6) is 2.89. The van der Waals surface area contributed by atoms with Gasteiger partial charge in [-0.15, -0.1) is 9.24 Å². The summed E-state index contributed by atoms with van der Waals surface area (Å²) in [4.78, 5) is 11.0. The Bertz CT molecular complexity index is 777. The van der Waals surface area contributed by atoms with Gasteiger partial charge in [0, 0.05) is 11.2 Å². The maximum atomic E-state index is 13.6. The summed E-state index contributed by atoms with van der Waals surface area (Å²) in [6.45, 7) is 13.6. The van der Waals surface area contributed by atoms with Crippen LogP contribution in [0.1, 0.15) is 94.7 Å².